The zero-order chi connectivity index (χ0) is 9.35. The van der Waals surface area contributed by atoms with Crippen molar-refractivity contribution in [2.45, 2.75) is 44.9 Å². The van der Waals surface area contributed by atoms with E-state index in [2.05, 4.69) is 18.7 Å². The lowest BCUT2D eigenvalue weighted by molar-refractivity contribution is -0.0258. The van der Waals surface area contributed by atoms with Crippen molar-refractivity contribution in [3.05, 3.63) is 0 Å². The summed E-state index contributed by atoms with van der Waals surface area (Å²) in [5, 5.41) is 19.2. The average Bonchev–Trinajstić information content (AvgIpc) is 2.25. The van der Waals surface area contributed by atoms with Crippen LogP contribution in [0.15, 0.2) is 0 Å². The summed E-state index contributed by atoms with van der Waals surface area (Å²) in [7, 11) is 0. The number of likely N-dealkylation sites (tertiary alicyclic amines) is 1. The van der Waals surface area contributed by atoms with Crippen LogP contribution < -0.4 is 0 Å². The first-order valence-electron chi connectivity index (χ1n) is 4.62. The fourth-order valence-electron chi connectivity index (χ4n) is 1.59. The molecule has 0 aromatic carbocycles. The Bertz CT molecular complexity index is 159. The van der Waals surface area contributed by atoms with E-state index in [1.54, 1.807) is 6.92 Å². The molecule has 12 heavy (non-hydrogen) atoms. The number of aliphatic hydroxyl groups is 2. The number of β-amino-alcohol motifs (C(OH)–C–C–N with tert-alkyl or cyclic N) is 2. The van der Waals surface area contributed by atoms with Gasteiger partial charge in [0, 0.05) is 19.1 Å². The van der Waals surface area contributed by atoms with E-state index in [-0.39, 0.29) is 0 Å². The van der Waals surface area contributed by atoms with E-state index >= 15 is 0 Å². The van der Waals surface area contributed by atoms with Gasteiger partial charge in [0.05, 0.1) is 6.10 Å². The van der Waals surface area contributed by atoms with Crippen LogP contribution in [0.1, 0.15) is 27.2 Å². The van der Waals surface area contributed by atoms with Crippen molar-refractivity contribution in [3.63, 3.8) is 0 Å². The van der Waals surface area contributed by atoms with E-state index in [0.29, 0.717) is 19.1 Å². The first kappa shape index (κ1) is 9.96. The van der Waals surface area contributed by atoms with Crippen LogP contribution in [0.25, 0.3) is 0 Å². The number of hydrogen-bond donors (Lipinski definition) is 2. The van der Waals surface area contributed by atoms with E-state index in [9.17, 15) is 10.2 Å². The Balaban J connectivity index is 2.54. The predicted octanol–water partition coefficient (Wildman–Crippen LogP) is 0.212. The molecule has 0 aromatic heterocycles. The van der Waals surface area contributed by atoms with Crippen LogP contribution in [0.4, 0.5) is 0 Å². The van der Waals surface area contributed by atoms with E-state index in [0.717, 1.165) is 6.42 Å². The number of hydrogen-bond acceptors (Lipinski definition) is 3. The summed E-state index contributed by atoms with van der Waals surface area (Å²) in [5.74, 6) is 0. The summed E-state index contributed by atoms with van der Waals surface area (Å²) < 4.78 is 0. The lowest BCUT2D eigenvalue weighted by atomic mass is 10.0. The quantitative estimate of drug-likeness (QED) is 0.627. The molecule has 0 aromatic rings. The minimum Gasteiger partial charge on any atom is -0.389 e. The topological polar surface area (TPSA) is 43.7 Å². The van der Waals surface area contributed by atoms with Gasteiger partial charge in [-0.15, -0.1) is 0 Å². The molecule has 3 nitrogen and oxygen atoms in total. The highest BCUT2D eigenvalue weighted by molar-refractivity contribution is 4.95. The number of nitrogens with zero attached hydrogens (tertiary/aromatic N) is 1. The fourth-order valence-corrected chi connectivity index (χ4v) is 1.59. The molecule has 3 heteroatoms. The van der Waals surface area contributed by atoms with Crippen molar-refractivity contribution in [3.8, 4) is 0 Å². The molecule has 1 rings (SSSR count). The largest absolute Gasteiger partial charge is 0.389 e. The van der Waals surface area contributed by atoms with Gasteiger partial charge in [0.25, 0.3) is 0 Å². The fraction of sp³-hybridized carbons (Fsp3) is 1.00. The summed E-state index contributed by atoms with van der Waals surface area (Å²) in [6, 6.07) is 0.452. The van der Waals surface area contributed by atoms with Crippen LogP contribution >= 0.6 is 0 Å². The molecule has 0 saturated carbocycles. The van der Waals surface area contributed by atoms with Crippen LogP contribution in [0.5, 0.6) is 0 Å². The van der Waals surface area contributed by atoms with Crippen LogP contribution in [-0.4, -0.2) is 45.9 Å². The number of rotatable bonds is 2. The molecule has 3 atom stereocenters. The molecule has 1 aliphatic rings. The van der Waals surface area contributed by atoms with Gasteiger partial charge in [-0.1, -0.05) is 6.92 Å². The van der Waals surface area contributed by atoms with Crippen LogP contribution in [0, 0.1) is 0 Å². The second kappa shape index (κ2) is 3.32. The number of aliphatic hydroxyl groups excluding tert-OH is 1. The standard InChI is InChI=1S/C9H19NO2/c1-4-7(2)10-5-8(11)9(3,12)6-10/h7-8,11-12H,4-6H2,1-3H3. The van der Waals surface area contributed by atoms with Gasteiger partial charge in [0.2, 0.25) is 0 Å². The second-order valence-electron chi connectivity index (χ2n) is 4.06. The third-order valence-electron chi connectivity index (χ3n) is 2.86. The van der Waals surface area contributed by atoms with E-state index in [1.807, 2.05) is 0 Å². The highest BCUT2D eigenvalue weighted by Gasteiger charge is 2.41. The molecular formula is C9H19NO2. The maximum absolute atomic E-state index is 9.69. The summed E-state index contributed by atoms with van der Waals surface area (Å²) >= 11 is 0. The highest BCUT2D eigenvalue weighted by Crippen LogP contribution is 2.23. The van der Waals surface area contributed by atoms with Gasteiger partial charge in [-0.25, -0.2) is 0 Å². The highest BCUT2D eigenvalue weighted by atomic mass is 16.3. The molecule has 0 spiro atoms. The van der Waals surface area contributed by atoms with Crippen molar-refractivity contribution in [1.82, 2.24) is 4.90 Å². The van der Waals surface area contributed by atoms with Crippen LogP contribution in [-0.2, 0) is 0 Å². The third kappa shape index (κ3) is 1.79. The Morgan fingerprint density at radius 1 is 1.67 bits per heavy atom. The minimum atomic E-state index is -0.913. The smallest absolute Gasteiger partial charge is 0.102 e. The lowest BCUT2D eigenvalue weighted by Crippen LogP contribution is -2.38. The van der Waals surface area contributed by atoms with Crippen molar-refractivity contribution in [2.24, 2.45) is 0 Å². The maximum atomic E-state index is 9.69. The normalized spacial score (nSPS) is 40.2. The first-order chi connectivity index (χ1) is 5.47. The van der Waals surface area contributed by atoms with Gasteiger partial charge in [0.1, 0.15) is 5.60 Å². The molecule has 1 heterocycles. The Morgan fingerprint density at radius 3 is 2.58 bits per heavy atom. The van der Waals surface area contributed by atoms with Crippen molar-refractivity contribution in [1.29, 1.82) is 0 Å². The Labute approximate surface area is 74.0 Å². The van der Waals surface area contributed by atoms with Gasteiger partial charge in [-0.05, 0) is 20.3 Å². The molecule has 0 aliphatic carbocycles. The molecule has 0 radical (unpaired) electrons. The zero-order valence-corrected chi connectivity index (χ0v) is 8.12. The second-order valence-corrected chi connectivity index (χ2v) is 4.06. The molecule has 1 saturated heterocycles. The van der Waals surface area contributed by atoms with Gasteiger partial charge >= 0.3 is 0 Å². The van der Waals surface area contributed by atoms with E-state index < -0.39 is 11.7 Å². The van der Waals surface area contributed by atoms with E-state index in [4.69, 9.17) is 0 Å². The van der Waals surface area contributed by atoms with Crippen LogP contribution in [0.3, 0.4) is 0 Å². The minimum absolute atomic E-state index is 0.452. The molecule has 72 valence electrons. The SMILES string of the molecule is CCC(C)N1CC(O)C(C)(O)C1. The van der Waals surface area contributed by atoms with Gasteiger partial charge in [-0.3, -0.25) is 4.90 Å². The summed E-state index contributed by atoms with van der Waals surface area (Å²) in [5.41, 5.74) is -0.913. The molecule has 3 unspecified atom stereocenters. The molecule has 2 N–H and O–H groups in total. The monoisotopic (exact) mass is 173 g/mol. The molecular weight excluding hydrogens is 154 g/mol. The van der Waals surface area contributed by atoms with Crippen LogP contribution in [0.2, 0.25) is 0 Å². The molecule has 1 fully saturated rings. The predicted molar refractivity (Wildman–Crippen MR) is 48.0 cm³/mol. The lowest BCUT2D eigenvalue weighted by Gasteiger charge is -2.23. The Kier molecular flexibility index (Phi) is 2.76. The average molecular weight is 173 g/mol. The molecule has 0 amide bonds. The van der Waals surface area contributed by atoms with Crippen molar-refractivity contribution in [2.75, 3.05) is 13.1 Å². The van der Waals surface area contributed by atoms with Gasteiger partial charge < -0.3 is 10.2 Å². The van der Waals surface area contributed by atoms with E-state index in [1.165, 1.54) is 0 Å². The molecule has 1 aliphatic heterocycles. The summed E-state index contributed by atoms with van der Waals surface area (Å²) in [4.78, 5) is 2.13. The zero-order valence-electron chi connectivity index (χ0n) is 8.12. The van der Waals surface area contributed by atoms with Crippen molar-refractivity contribution >= 4 is 0 Å². The Morgan fingerprint density at radius 2 is 2.25 bits per heavy atom. The first-order valence-corrected chi connectivity index (χ1v) is 4.62. The van der Waals surface area contributed by atoms with Gasteiger partial charge in [0.15, 0.2) is 0 Å². The summed E-state index contributed by atoms with van der Waals surface area (Å²) in [6.45, 7) is 7.11. The van der Waals surface area contributed by atoms with Gasteiger partial charge in [-0.2, -0.15) is 0 Å². The van der Waals surface area contributed by atoms with Crippen molar-refractivity contribution < 1.29 is 10.2 Å². The molecule has 0 bridgehead atoms. The Hall–Kier alpha value is -0.120. The third-order valence-corrected chi connectivity index (χ3v) is 2.86. The summed E-state index contributed by atoms with van der Waals surface area (Å²) in [6.07, 6.45) is 0.467. The maximum Gasteiger partial charge on any atom is 0.102 e.